The van der Waals surface area contributed by atoms with Crippen LogP contribution >= 0.6 is 23.2 Å². The van der Waals surface area contributed by atoms with Crippen molar-refractivity contribution >= 4 is 40.8 Å². The first kappa shape index (κ1) is 31.4. The number of allylic oxidation sites excluding steroid dienone is 4. The van der Waals surface area contributed by atoms with Gasteiger partial charge in [-0.2, -0.15) is 0 Å². The number of anilines is 1. The number of fused-ring (bicyclic) bond motifs is 5. The summed E-state index contributed by atoms with van der Waals surface area (Å²) in [5, 5.41) is 0. The molecule has 0 heterocycles. The SMILES string of the molecule is CC[C@@]1(OC(C)=O)CC[C@H]2[C@@H]3CC=C4C=C(OC(=O)Cc5ccc(N(CCCl)CCCl)cc5)CC[C@]4(C)[C@H]3CC[C@@]21C. The fraction of sp³-hybridized carbons (Fsp3) is 0.657. The molecule has 230 valence electrons. The van der Waals surface area contributed by atoms with Crippen molar-refractivity contribution in [3.05, 3.63) is 53.3 Å². The number of alkyl halides is 2. The molecule has 0 bridgehead atoms. The van der Waals surface area contributed by atoms with E-state index in [-0.39, 0.29) is 34.8 Å². The maximum absolute atomic E-state index is 12.9. The zero-order valence-electron chi connectivity index (χ0n) is 25.7. The average Bonchev–Trinajstić information content (AvgIpc) is 3.25. The van der Waals surface area contributed by atoms with Crippen LogP contribution in [0.25, 0.3) is 0 Å². The van der Waals surface area contributed by atoms with Crippen molar-refractivity contribution in [3.63, 3.8) is 0 Å². The molecule has 5 nitrogen and oxygen atoms in total. The van der Waals surface area contributed by atoms with Crippen molar-refractivity contribution in [2.45, 2.75) is 91.1 Å². The van der Waals surface area contributed by atoms with Crippen LogP contribution in [0.5, 0.6) is 0 Å². The van der Waals surface area contributed by atoms with E-state index in [2.05, 4.69) is 37.8 Å². The molecule has 1 aromatic carbocycles. The summed E-state index contributed by atoms with van der Waals surface area (Å²) >= 11 is 11.9. The normalized spacial score (nSPS) is 33.4. The van der Waals surface area contributed by atoms with E-state index in [9.17, 15) is 9.59 Å². The van der Waals surface area contributed by atoms with Gasteiger partial charge in [0.1, 0.15) is 11.4 Å². The second-order valence-electron chi connectivity index (χ2n) is 13.4. The van der Waals surface area contributed by atoms with Crippen molar-refractivity contribution in [3.8, 4) is 0 Å². The van der Waals surface area contributed by atoms with Crippen LogP contribution < -0.4 is 4.90 Å². The Morgan fingerprint density at radius 1 is 1.00 bits per heavy atom. The third-order valence-electron chi connectivity index (χ3n) is 11.5. The molecule has 0 aliphatic heterocycles. The molecule has 2 fully saturated rings. The van der Waals surface area contributed by atoms with E-state index in [4.69, 9.17) is 32.7 Å². The van der Waals surface area contributed by atoms with E-state index >= 15 is 0 Å². The van der Waals surface area contributed by atoms with E-state index in [0.717, 1.165) is 81.5 Å². The fourth-order valence-electron chi connectivity index (χ4n) is 9.32. The van der Waals surface area contributed by atoms with E-state index in [0.29, 0.717) is 29.5 Å². The van der Waals surface area contributed by atoms with E-state index in [1.807, 2.05) is 24.3 Å². The molecular weight excluding hydrogens is 569 g/mol. The molecule has 0 saturated heterocycles. The first-order valence-electron chi connectivity index (χ1n) is 15.9. The molecule has 0 radical (unpaired) electrons. The van der Waals surface area contributed by atoms with Crippen LogP contribution in [0.3, 0.4) is 0 Å². The molecule has 4 aliphatic rings. The third kappa shape index (κ3) is 5.65. The lowest BCUT2D eigenvalue weighted by molar-refractivity contribution is -0.182. The molecule has 0 aromatic heterocycles. The Morgan fingerprint density at radius 3 is 2.33 bits per heavy atom. The lowest BCUT2D eigenvalue weighted by Gasteiger charge is -2.58. The van der Waals surface area contributed by atoms with Crippen molar-refractivity contribution in [1.29, 1.82) is 0 Å². The van der Waals surface area contributed by atoms with Crippen molar-refractivity contribution in [1.82, 2.24) is 0 Å². The van der Waals surface area contributed by atoms with Crippen LogP contribution in [0, 0.1) is 28.6 Å². The minimum Gasteiger partial charge on any atom is -0.459 e. The number of hydrogen-bond donors (Lipinski definition) is 0. The van der Waals surface area contributed by atoms with Crippen LogP contribution in [0.1, 0.15) is 84.6 Å². The molecule has 4 aliphatic carbocycles. The molecule has 6 atom stereocenters. The highest BCUT2D eigenvalue weighted by molar-refractivity contribution is 6.18. The predicted octanol–water partition coefficient (Wildman–Crippen LogP) is 8.22. The van der Waals surface area contributed by atoms with Gasteiger partial charge in [0.25, 0.3) is 0 Å². The monoisotopic (exact) mass is 615 g/mol. The van der Waals surface area contributed by atoms with Crippen LogP contribution in [-0.4, -0.2) is 42.4 Å². The highest BCUT2D eigenvalue weighted by atomic mass is 35.5. The highest BCUT2D eigenvalue weighted by Crippen LogP contribution is 2.68. The largest absolute Gasteiger partial charge is 0.459 e. The number of nitrogens with zero attached hydrogens (tertiary/aromatic N) is 1. The fourth-order valence-corrected chi connectivity index (χ4v) is 9.72. The van der Waals surface area contributed by atoms with Gasteiger partial charge in [-0.15, -0.1) is 23.2 Å². The first-order valence-corrected chi connectivity index (χ1v) is 16.9. The first-order chi connectivity index (χ1) is 20.1. The van der Waals surface area contributed by atoms with Gasteiger partial charge in [-0.1, -0.05) is 39.0 Å². The summed E-state index contributed by atoms with van der Waals surface area (Å²) in [4.78, 5) is 27.2. The predicted molar refractivity (Wildman–Crippen MR) is 170 cm³/mol. The number of carbonyl (C=O) groups is 2. The van der Waals surface area contributed by atoms with Gasteiger partial charge in [0.05, 0.1) is 6.42 Å². The van der Waals surface area contributed by atoms with E-state index < -0.39 is 0 Å². The molecular formula is C35H47Cl2NO4. The minimum atomic E-state index is -0.332. The summed E-state index contributed by atoms with van der Waals surface area (Å²) in [6, 6.07) is 8.01. The summed E-state index contributed by atoms with van der Waals surface area (Å²) in [6.45, 7) is 10.0. The third-order valence-corrected chi connectivity index (χ3v) is 11.9. The number of carbonyl (C=O) groups excluding carboxylic acids is 2. The van der Waals surface area contributed by atoms with Crippen molar-refractivity contribution in [2.24, 2.45) is 28.6 Å². The topological polar surface area (TPSA) is 55.8 Å². The lowest BCUT2D eigenvalue weighted by Crippen LogP contribution is -2.55. The summed E-state index contributed by atoms with van der Waals surface area (Å²) in [6.07, 6.45) is 12.9. The number of benzene rings is 1. The van der Waals surface area contributed by atoms with Gasteiger partial charge >= 0.3 is 11.9 Å². The Hall–Kier alpha value is -1.98. The molecule has 0 unspecified atom stereocenters. The molecule has 2 saturated carbocycles. The van der Waals surface area contributed by atoms with Gasteiger partial charge in [0, 0.05) is 49.3 Å². The molecule has 0 spiro atoms. The smallest absolute Gasteiger partial charge is 0.315 e. The van der Waals surface area contributed by atoms with E-state index in [1.165, 1.54) is 5.57 Å². The van der Waals surface area contributed by atoms with Crippen molar-refractivity contribution in [2.75, 3.05) is 29.7 Å². The average molecular weight is 617 g/mol. The second kappa shape index (κ2) is 12.6. The zero-order valence-corrected chi connectivity index (χ0v) is 27.2. The maximum Gasteiger partial charge on any atom is 0.315 e. The van der Waals surface area contributed by atoms with E-state index in [1.54, 1.807) is 6.92 Å². The summed E-state index contributed by atoms with van der Waals surface area (Å²) in [7, 11) is 0. The number of rotatable bonds is 10. The molecule has 5 rings (SSSR count). The molecule has 42 heavy (non-hydrogen) atoms. The van der Waals surface area contributed by atoms with Crippen LogP contribution in [0.2, 0.25) is 0 Å². The van der Waals surface area contributed by atoms with Gasteiger partial charge in [-0.25, -0.2) is 0 Å². The Bertz CT molecular complexity index is 1220. The minimum absolute atomic E-state index is 0.0339. The summed E-state index contributed by atoms with van der Waals surface area (Å²) in [5.74, 6) is 3.26. The lowest BCUT2D eigenvalue weighted by atomic mass is 9.47. The van der Waals surface area contributed by atoms with Gasteiger partial charge in [-0.05, 0) is 97.5 Å². The Labute approximate surface area is 262 Å². The van der Waals surface area contributed by atoms with Crippen LogP contribution in [0.15, 0.2) is 47.7 Å². The van der Waals surface area contributed by atoms with Gasteiger partial charge in [-0.3, -0.25) is 9.59 Å². The van der Waals surface area contributed by atoms with Gasteiger partial charge < -0.3 is 14.4 Å². The Balaban J connectivity index is 1.25. The number of hydrogen-bond acceptors (Lipinski definition) is 5. The summed E-state index contributed by atoms with van der Waals surface area (Å²) in [5.41, 5.74) is 3.11. The molecule has 7 heteroatoms. The number of ether oxygens (including phenoxy) is 2. The Kier molecular flexibility index (Phi) is 9.40. The molecule has 0 amide bonds. The molecule has 0 N–H and O–H groups in total. The van der Waals surface area contributed by atoms with Crippen molar-refractivity contribution < 1.29 is 19.1 Å². The Morgan fingerprint density at radius 2 is 1.69 bits per heavy atom. The van der Waals surface area contributed by atoms with Crippen LogP contribution in [-0.2, 0) is 25.5 Å². The van der Waals surface area contributed by atoms with Gasteiger partial charge in [0.2, 0.25) is 0 Å². The maximum atomic E-state index is 12.9. The number of esters is 2. The molecule has 1 aromatic rings. The quantitative estimate of drug-likeness (QED) is 0.196. The second-order valence-corrected chi connectivity index (χ2v) is 14.2. The summed E-state index contributed by atoms with van der Waals surface area (Å²) < 4.78 is 12.1. The standard InChI is InChI=1S/C35H47Cl2NO4/c1-5-35(42-24(2)39)17-14-31-29-11-8-26-23-28(12-15-33(26,3)30(29)13-16-34(31,35)4)41-32(40)22-25-6-9-27(10-7-25)38(20-18-36)21-19-37/h6-10,23,29-31H,5,11-22H2,1-4H3/t29-,30+,31+,33+,34+,35-/m1/s1. The van der Waals surface area contributed by atoms with Gasteiger partial charge in [0.15, 0.2) is 0 Å². The highest BCUT2D eigenvalue weighted by Gasteiger charge is 2.64. The zero-order chi connectivity index (χ0) is 30.1. The van der Waals surface area contributed by atoms with Crippen LogP contribution in [0.4, 0.5) is 5.69 Å². The number of halogens is 2.